The number of halogens is 3. The van der Waals surface area contributed by atoms with Crippen LogP contribution in [-0.4, -0.2) is 36.1 Å². The van der Waals surface area contributed by atoms with Gasteiger partial charge in [0.15, 0.2) is 5.65 Å². The Balaban J connectivity index is 1.45. The Bertz CT molecular complexity index is 1420. The number of anilines is 1. The average molecular weight is 525 g/mol. The average Bonchev–Trinajstić information content (AvgIpc) is 3.16. The van der Waals surface area contributed by atoms with E-state index in [2.05, 4.69) is 15.1 Å². The van der Waals surface area contributed by atoms with Gasteiger partial charge in [0.25, 0.3) is 0 Å². The Morgan fingerprint density at radius 1 is 0.970 bits per heavy atom. The molecule has 0 saturated carbocycles. The summed E-state index contributed by atoms with van der Waals surface area (Å²) in [6.45, 7) is 2.68. The summed E-state index contributed by atoms with van der Waals surface area (Å²) < 4.78 is 29.2. The van der Waals surface area contributed by atoms with Gasteiger partial charge in [0.1, 0.15) is 5.82 Å². The third kappa shape index (κ3) is 5.26. The van der Waals surface area contributed by atoms with Gasteiger partial charge in [-0.2, -0.15) is 9.61 Å². The van der Waals surface area contributed by atoms with Gasteiger partial charge in [-0.25, -0.2) is 18.1 Å². The number of aryl methyl sites for hydroxylation is 1. The Hall–Kier alpha value is -2.36. The van der Waals surface area contributed by atoms with Gasteiger partial charge in [-0.1, -0.05) is 53.0 Å². The molecule has 0 aliphatic carbocycles. The minimum atomic E-state index is -3.69. The van der Waals surface area contributed by atoms with E-state index >= 15 is 0 Å². The highest BCUT2D eigenvalue weighted by molar-refractivity contribution is 7.89. The van der Waals surface area contributed by atoms with E-state index in [0.29, 0.717) is 23.0 Å². The van der Waals surface area contributed by atoms with Gasteiger partial charge in [0, 0.05) is 35.3 Å². The molecule has 0 unspecified atom stereocenters. The normalized spacial score (nSPS) is 11.8. The largest absolute Gasteiger partial charge is 0.370 e. The van der Waals surface area contributed by atoms with E-state index in [1.807, 2.05) is 37.3 Å². The van der Waals surface area contributed by atoms with E-state index in [4.69, 9.17) is 39.8 Å². The Morgan fingerprint density at radius 2 is 1.76 bits per heavy atom. The zero-order valence-electron chi connectivity index (χ0n) is 17.5. The van der Waals surface area contributed by atoms with Gasteiger partial charge in [-0.05, 0) is 37.6 Å². The van der Waals surface area contributed by atoms with Crippen molar-refractivity contribution in [3.05, 3.63) is 75.4 Å². The van der Waals surface area contributed by atoms with Crippen molar-refractivity contribution in [3.8, 4) is 11.3 Å². The van der Waals surface area contributed by atoms with E-state index in [1.165, 1.54) is 18.2 Å². The van der Waals surface area contributed by atoms with Crippen molar-refractivity contribution in [3.63, 3.8) is 0 Å². The van der Waals surface area contributed by atoms with Crippen LogP contribution in [0, 0.1) is 6.92 Å². The first-order valence-corrected chi connectivity index (χ1v) is 12.7. The Kier molecular flexibility index (Phi) is 7.11. The van der Waals surface area contributed by atoms with Crippen LogP contribution in [0.3, 0.4) is 0 Å². The van der Waals surface area contributed by atoms with E-state index < -0.39 is 10.0 Å². The van der Waals surface area contributed by atoms with E-state index in [0.717, 1.165) is 28.3 Å². The molecule has 33 heavy (non-hydrogen) atoms. The number of nitrogens with zero attached hydrogens (tertiary/aromatic N) is 3. The molecule has 0 radical (unpaired) electrons. The molecule has 0 aliphatic heterocycles. The van der Waals surface area contributed by atoms with Crippen molar-refractivity contribution in [1.82, 2.24) is 19.3 Å². The second-order valence-corrected chi connectivity index (χ2v) is 10.3. The smallest absolute Gasteiger partial charge is 0.240 e. The first-order chi connectivity index (χ1) is 15.8. The van der Waals surface area contributed by atoms with Crippen molar-refractivity contribution >= 4 is 56.3 Å². The van der Waals surface area contributed by atoms with Crippen LogP contribution < -0.4 is 10.0 Å². The predicted octanol–water partition coefficient (Wildman–Crippen LogP) is 5.45. The van der Waals surface area contributed by atoms with E-state index in [1.54, 1.807) is 10.7 Å². The minimum absolute atomic E-state index is 0.0668. The Labute approximate surface area is 206 Å². The molecule has 172 valence electrons. The highest BCUT2D eigenvalue weighted by atomic mass is 35.5. The monoisotopic (exact) mass is 523 g/mol. The third-order valence-corrected chi connectivity index (χ3v) is 7.48. The Morgan fingerprint density at radius 3 is 2.52 bits per heavy atom. The molecular weight excluding hydrogens is 505 g/mol. The molecule has 0 aliphatic rings. The van der Waals surface area contributed by atoms with Gasteiger partial charge in [-0.3, -0.25) is 0 Å². The first kappa shape index (κ1) is 23.8. The molecule has 0 bridgehead atoms. The molecule has 0 saturated heterocycles. The lowest BCUT2D eigenvalue weighted by molar-refractivity contribution is 0.580. The van der Waals surface area contributed by atoms with Crippen LogP contribution in [-0.2, 0) is 10.0 Å². The van der Waals surface area contributed by atoms with Crippen LogP contribution in [0.5, 0.6) is 0 Å². The van der Waals surface area contributed by atoms with Crippen molar-refractivity contribution in [2.24, 2.45) is 0 Å². The number of benzene rings is 2. The van der Waals surface area contributed by atoms with Crippen molar-refractivity contribution in [2.75, 3.05) is 18.4 Å². The zero-order valence-corrected chi connectivity index (χ0v) is 20.6. The van der Waals surface area contributed by atoms with Crippen molar-refractivity contribution in [2.45, 2.75) is 18.2 Å². The van der Waals surface area contributed by atoms with Crippen LogP contribution in [0.2, 0.25) is 15.1 Å². The number of hydrogen-bond acceptors (Lipinski definition) is 5. The molecule has 11 heteroatoms. The van der Waals surface area contributed by atoms with Gasteiger partial charge in [0.05, 0.1) is 26.8 Å². The van der Waals surface area contributed by atoms with Crippen LogP contribution in [0.15, 0.2) is 59.6 Å². The summed E-state index contributed by atoms with van der Waals surface area (Å²) in [5.41, 5.74) is 3.19. The first-order valence-electron chi connectivity index (χ1n) is 10.0. The van der Waals surface area contributed by atoms with E-state index in [9.17, 15) is 8.42 Å². The number of hydrogen-bond donors (Lipinski definition) is 2. The number of sulfonamides is 1. The SMILES string of the molecule is Cc1cnn2c(NCCCNS(=O)(=O)c3ccc(Cl)c(Cl)c3)cc(-c3ccccc3Cl)nc12. The van der Waals surface area contributed by atoms with Crippen LogP contribution in [0.1, 0.15) is 12.0 Å². The molecule has 0 amide bonds. The summed E-state index contributed by atoms with van der Waals surface area (Å²) in [5.74, 6) is 0.732. The van der Waals surface area contributed by atoms with Crippen molar-refractivity contribution < 1.29 is 8.42 Å². The molecule has 2 aromatic heterocycles. The molecule has 4 aromatic rings. The lowest BCUT2D eigenvalue weighted by atomic mass is 10.1. The summed E-state index contributed by atoms with van der Waals surface area (Å²) in [4.78, 5) is 4.78. The molecular formula is C22H20Cl3N5O2S. The number of rotatable bonds is 8. The molecule has 2 aromatic carbocycles. The summed E-state index contributed by atoms with van der Waals surface area (Å²) >= 11 is 18.2. The molecule has 0 atom stereocenters. The predicted molar refractivity (Wildman–Crippen MR) is 133 cm³/mol. The van der Waals surface area contributed by atoms with Crippen LogP contribution in [0.4, 0.5) is 5.82 Å². The summed E-state index contributed by atoms with van der Waals surface area (Å²) in [5, 5.41) is 8.80. The second-order valence-electron chi connectivity index (χ2n) is 7.32. The molecule has 2 N–H and O–H groups in total. The van der Waals surface area contributed by atoms with Gasteiger partial charge >= 0.3 is 0 Å². The maximum absolute atomic E-state index is 12.5. The molecule has 4 rings (SSSR count). The standard InChI is InChI=1S/C22H20Cl3N5O2S/c1-14-13-27-30-21(12-20(29-22(14)30)16-5-2-3-6-17(16)23)26-9-4-10-28-33(31,32)15-7-8-18(24)19(25)11-15/h2-3,5-8,11-13,26,28H,4,9-10H2,1H3. The topological polar surface area (TPSA) is 88.4 Å². The van der Waals surface area contributed by atoms with Gasteiger partial charge < -0.3 is 5.32 Å². The van der Waals surface area contributed by atoms with Crippen LogP contribution >= 0.6 is 34.8 Å². The van der Waals surface area contributed by atoms with E-state index in [-0.39, 0.29) is 16.5 Å². The minimum Gasteiger partial charge on any atom is -0.370 e. The quantitative estimate of drug-likeness (QED) is 0.299. The molecule has 7 nitrogen and oxygen atoms in total. The third-order valence-electron chi connectivity index (χ3n) is 4.95. The van der Waals surface area contributed by atoms with Gasteiger partial charge in [-0.15, -0.1) is 0 Å². The lowest BCUT2D eigenvalue weighted by Crippen LogP contribution is -2.26. The zero-order chi connectivity index (χ0) is 23.6. The van der Waals surface area contributed by atoms with Crippen LogP contribution in [0.25, 0.3) is 16.9 Å². The highest BCUT2D eigenvalue weighted by Gasteiger charge is 2.15. The number of fused-ring (bicyclic) bond motifs is 1. The summed E-state index contributed by atoms with van der Waals surface area (Å²) in [6.07, 6.45) is 2.28. The molecule has 2 heterocycles. The highest BCUT2D eigenvalue weighted by Crippen LogP contribution is 2.29. The summed E-state index contributed by atoms with van der Waals surface area (Å²) in [7, 11) is -3.69. The number of nitrogens with one attached hydrogen (secondary N) is 2. The van der Waals surface area contributed by atoms with Gasteiger partial charge in [0.2, 0.25) is 10.0 Å². The fraction of sp³-hybridized carbons (Fsp3) is 0.182. The number of aromatic nitrogens is 3. The molecule has 0 fully saturated rings. The maximum Gasteiger partial charge on any atom is 0.240 e. The summed E-state index contributed by atoms with van der Waals surface area (Å²) in [6, 6.07) is 13.6. The fourth-order valence-corrected chi connectivity index (χ4v) is 4.94. The lowest BCUT2D eigenvalue weighted by Gasteiger charge is -2.12. The fourth-order valence-electron chi connectivity index (χ4n) is 3.24. The second kappa shape index (κ2) is 9.87. The van der Waals surface area contributed by atoms with Crippen molar-refractivity contribution in [1.29, 1.82) is 0 Å². The maximum atomic E-state index is 12.5. The molecule has 0 spiro atoms.